The van der Waals surface area contributed by atoms with E-state index in [9.17, 15) is 9.90 Å². The normalized spacial score (nSPS) is 10.5. The van der Waals surface area contributed by atoms with Crippen LogP contribution in [0.1, 0.15) is 15.9 Å². The van der Waals surface area contributed by atoms with Crippen LogP contribution in [0.2, 0.25) is 0 Å². The van der Waals surface area contributed by atoms with Gasteiger partial charge >= 0.3 is 0 Å². The van der Waals surface area contributed by atoms with E-state index in [0.29, 0.717) is 11.1 Å². The second-order valence-electron chi connectivity index (χ2n) is 3.68. The highest BCUT2D eigenvalue weighted by Gasteiger charge is 2.03. The van der Waals surface area contributed by atoms with Crippen molar-refractivity contribution in [1.29, 1.82) is 0 Å². The summed E-state index contributed by atoms with van der Waals surface area (Å²) in [4.78, 5) is 15.4. The zero-order chi connectivity index (χ0) is 13.7. The molecule has 0 atom stereocenters. The van der Waals surface area contributed by atoms with Gasteiger partial charge in [0.1, 0.15) is 11.5 Å². The van der Waals surface area contributed by atoms with Crippen molar-refractivity contribution < 1.29 is 15.0 Å². The average molecular weight is 257 g/mol. The van der Waals surface area contributed by atoms with Crippen LogP contribution in [0.3, 0.4) is 0 Å². The van der Waals surface area contributed by atoms with E-state index < -0.39 is 0 Å². The van der Waals surface area contributed by atoms with Crippen LogP contribution in [0.25, 0.3) is 0 Å². The van der Waals surface area contributed by atoms with Crippen LogP contribution >= 0.6 is 0 Å². The molecule has 0 unspecified atom stereocenters. The lowest BCUT2D eigenvalue weighted by atomic mass is 10.2. The number of nitrogens with zero attached hydrogens (tertiary/aromatic N) is 2. The number of pyridine rings is 1. The van der Waals surface area contributed by atoms with E-state index in [1.54, 1.807) is 12.1 Å². The van der Waals surface area contributed by atoms with Gasteiger partial charge in [0.2, 0.25) is 0 Å². The Kier molecular flexibility index (Phi) is 3.72. The van der Waals surface area contributed by atoms with Crippen molar-refractivity contribution >= 4 is 12.1 Å². The number of benzene rings is 1. The van der Waals surface area contributed by atoms with Gasteiger partial charge in [-0.2, -0.15) is 5.10 Å². The third-order valence-electron chi connectivity index (χ3n) is 2.33. The van der Waals surface area contributed by atoms with Gasteiger partial charge in [-0.05, 0) is 24.3 Å². The standard InChI is InChI=1S/C13H11N3O3/c17-11-2-1-10(12(18)7-11)8-15-16-13(19)9-3-5-14-6-4-9/h1-8,17-18H,(H,16,19)/b15-8+. The highest BCUT2D eigenvalue weighted by atomic mass is 16.3. The largest absolute Gasteiger partial charge is 0.508 e. The molecule has 1 heterocycles. The fourth-order valence-corrected chi connectivity index (χ4v) is 1.37. The Bertz CT molecular complexity index is 612. The predicted molar refractivity (Wildman–Crippen MR) is 69.1 cm³/mol. The number of phenolic OH excluding ortho intramolecular Hbond substituents is 2. The summed E-state index contributed by atoms with van der Waals surface area (Å²) in [5.74, 6) is -0.547. The second-order valence-corrected chi connectivity index (χ2v) is 3.68. The van der Waals surface area contributed by atoms with E-state index in [0.717, 1.165) is 0 Å². The number of amides is 1. The number of nitrogens with one attached hydrogen (secondary N) is 1. The van der Waals surface area contributed by atoms with Crippen LogP contribution in [0.4, 0.5) is 0 Å². The van der Waals surface area contributed by atoms with E-state index in [2.05, 4.69) is 15.5 Å². The molecule has 0 saturated heterocycles. The quantitative estimate of drug-likeness (QED) is 0.569. The summed E-state index contributed by atoms with van der Waals surface area (Å²) in [5, 5.41) is 22.3. The molecule has 0 aliphatic heterocycles. The Labute approximate surface area is 109 Å². The molecule has 0 radical (unpaired) electrons. The summed E-state index contributed by atoms with van der Waals surface area (Å²) in [6.45, 7) is 0. The molecule has 1 aromatic heterocycles. The first-order chi connectivity index (χ1) is 9.16. The fourth-order valence-electron chi connectivity index (χ4n) is 1.37. The lowest BCUT2D eigenvalue weighted by Crippen LogP contribution is -2.17. The van der Waals surface area contributed by atoms with Crippen LogP contribution in [-0.2, 0) is 0 Å². The van der Waals surface area contributed by atoms with Crippen molar-refractivity contribution in [2.24, 2.45) is 5.10 Å². The first kappa shape index (κ1) is 12.6. The number of rotatable bonds is 3. The molecule has 2 rings (SSSR count). The van der Waals surface area contributed by atoms with Crippen LogP contribution in [0.5, 0.6) is 11.5 Å². The number of carbonyl (C=O) groups excluding carboxylic acids is 1. The van der Waals surface area contributed by atoms with E-state index in [1.807, 2.05) is 0 Å². The van der Waals surface area contributed by atoms with Gasteiger partial charge in [-0.3, -0.25) is 9.78 Å². The fraction of sp³-hybridized carbons (Fsp3) is 0. The molecule has 96 valence electrons. The Morgan fingerprint density at radius 3 is 2.63 bits per heavy atom. The summed E-state index contributed by atoms with van der Waals surface area (Å²) in [6.07, 6.45) is 4.29. The van der Waals surface area contributed by atoms with Crippen LogP contribution in [0, 0.1) is 0 Å². The summed E-state index contributed by atoms with van der Waals surface area (Å²) in [5.41, 5.74) is 3.13. The first-order valence-electron chi connectivity index (χ1n) is 5.42. The Hall–Kier alpha value is -2.89. The summed E-state index contributed by atoms with van der Waals surface area (Å²) in [6, 6.07) is 7.19. The minimum atomic E-state index is -0.378. The van der Waals surface area contributed by atoms with Gasteiger partial charge in [0.25, 0.3) is 5.91 Å². The summed E-state index contributed by atoms with van der Waals surface area (Å²) >= 11 is 0. The van der Waals surface area contributed by atoms with E-state index >= 15 is 0 Å². The molecule has 0 aliphatic carbocycles. The van der Waals surface area contributed by atoms with Crippen molar-refractivity contribution in [2.45, 2.75) is 0 Å². The van der Waals surface area contributed by atoms with Crippen molar-refractivity contribution in [3.8, 4) is 11.5 Å². The smallest absolute Gasteiger partial charge is 0.271 e. The molecular weight excluding hydrogens is 246 g/mol. The lowest BCUT2D eigenvalue weighted by Gasteiger charge is -2.00. The molecule has 0 fully saturated rings. The summed E-state index contributed by atoms with van der Waals surface area (Å²) in [7, 11) is 0. The van der Waals surface area contributed by atoms with Crippen molar-refractivity contribution in [3.05, 3.63) is 53.9 Å². The van der Waals surface area contributed by atoms with E-state index in [4.69, 9.17) is 5.11 Å². The van der Waals surface area contributed by atoms with Gasteiger partial charge in [0.15, 0.2) is 0 Å². The Morgan fingerprint density at radius 2 is 1.95 bits per heavy atom. The Morgan fingerprint density at radius 1 is 1.21 bits per heavy atom. The molecule has 3 N–H and O–H groups in total. The third-order valence-corrected chi connectivity index (χ3v) is 2.33. The molecule has 0 saturated carbocycles. The zero-order valence-electron chi connectivity index (χ0n) is 9.82. The molecule has 0 bridgehead atoms. The lowest BCUT2D eigenvalue weighted by molar-refractivity contribution is 0.0955. The van der Waals surface area contributed by atoms with Crippen molar-refractivity contribution in [2.75, 3.05) is 0 Å². The molecule has 1 amide bonds. The van der Waals surface area contributed by atoms with E-state index in [-0.39, 0.29) is 17.4 Å². The van der Waals surface area contributed by atoms with Crippen molar-refractivity contribution in [3.63, 3.8) is 0 Å². The van der Waals surface area contributed by atoms with Crippen LogP contribution < -0.4 is 5.43 Å². The molecule has 0 spiro atoms. The average Bonchev–Trinajstić information content (AvgIpc) is 2.42. The number of aromatic nitrogens is 1. The highest BCUT2D eigenvalue weighted by molar-refractivity contribution is 5.94. The highest BCUT2D eigenvalue weighted by Crippen LogP contribution is 2.20. The van der Waals surface area contributed by atoms with Crippen LogP contribution in [-0.4, -0.2) is 27.3 Å². The topological polar surface area (TPSA) is 94.8 Å². The molecular formula is C13H11N3O3. The Balaban J connectivity index is 2.02. The molecule has 0 aliphatic rings. The van der Waals surface area contributed by atoms with Gasteiger partial charge in [0, 0.05) is 29.6 Å². The molecule has 2 aromatic rings. The molecule has 6 nitrogen and oxygen atoms in total. The maximum atomic E-state index is 11.6. The number of aromatic hydroxyl groups is 2. The molecule has 1 aromatic carbocycles. The molecule has 6 heteroatoms. The monoisotopic (exact) mass is 257 g/mol. The predicted octanol–water partition coefficient (Wildman–Crippen LogP) is 1.26. The van der Waals surface area contributed by atoms with Gasteiger partial charge in [-0.15, -0.1) is 0 Å². The SMILES string of the molecule is O=C(N/N=C/c1ccc(O)cc1O)c1ccncc1. The number of hydrogen-bond donors (Lipinski definition) is 3. The van der Waals surface area contributed by atoms with Gasteiger partial charge in [-0.1, -0.05) is 0 Å². The maximum absolute atomic E-state index is 11.6. The minimum Gasteiger partial charge on any atom is -0.508 e. The van der Waals surface area contributed by atoms with Crippen LogP contribution in [0.15, 0.2) is 47.8 Å². The number of carbonyl (C=O) groups is 1. The summed E-state index contributed by atoms with van der Waals surface area (Å²) < 4.78 is 0. The maximum Gasteiger partial charge on any atom is 0.271 e. The van der Waals surface area contributed by atoms with Gasteiger partial charge < -0.3 is 10.2 Å². The minimum absolute atomic E-state index is 0.0459. The van der Waals surface area contributed by atoms with Gasteiger partial charge in [0.05, 0.1) is 6.21 Å². The number of phenols is 2. The number of hydrazone groups is 1. The van der Waals surface area contributed by atoms with E-state index in [1.165, 1.54) is 36.8 Å². The molecule has 19 heavy (non-hydrogen) atoms. The third kappa shape index (κ3) is 3.29. The zero-order valence-corrected chi connectivity index (χ0v) is 9.82. The van der Waals surface area contributed by atoms with Gasteiger partial charge in [-0.25, -0.2) is 5.43 Å². The second kappa shape index (κ2) is 5.63. The first-order valence-corrected chi connectivity index (χ1v) is 5.42. The van der Waals surface area contributed by atoms with Crippen molar-refractivity contribution in [1.82, 2.24) is 10.4 Å². The number of hydrogen-bond acceptors (Lipinski definition) is 5.